The molecule has 4 aromatic rings. The Hall–Kier alpha value is -3.45. The Bertz CT molecular complexity index is 1440. The van der Waals surface area contributed by atoms with Gasteiger partial charge in [0.25, 0.3) is 0 Å². The second-order valence-corrected chi connectivity index (χ2v) is 8.38. The Morgan fingerprint density at radius 1 is 1.16 bits per heavy atom. The van der Waals surface area contributed by atoms with Crippen LogP contribution in [-0.2, 0) is 24.2 Å². The fraction of sp³-hybridized carbons (Fsp3) is 0.250. The number of nitrogens with zero attached hydrogens (tertiary/aromatic N) is 3. The summed E-state index contributed by atoms with van der Waals surface area (Å²) in [7, 11) is 0. The summed E-state index contributed by atoms with van der Waals surface area (Å²) >= 11 is 6.23. The molecule has 0 saturated heterocycles. The van der Waals surface area contributed by atoms with E-state index >= 15 is 0 Å². The maximum atomic E-state index is 12.8. The van der Waals surface area contributed by atoms with Gasteiger partial charge in [0.05, 0.1) is 10.7 Å². The van der Waals surface area contributed by atoms with Gasteiger partial charge in [-0.2, -0.15) is 5.10 Å². The van der Waals surface area contributed by atoms with Gasteiger partial charge in [-0.3, -0.25) is 0 Å². The van der Waals surface area contributed by atoms with Crippen molar-refractivity contribution in [2.24, 2.45) is 0 Å². The molecule has 32 heavy (non-hydrogen) atoms. The van der Waals surface area contributed by atoms with Gasteiger partial charge in [-0.25, -0.2) is 19.3 Å². The van der Waals surface area contributed by atoms with Crippen LogP contribution in [0.2, 0.25) is 5.02 Å². The number of aryl methyl sites for hydroxylation is 4. The zero-order valence-corrected chi connectivity index (χ0v) is 18.4. The lowest BCUT2D eigenvalue weighted by Crippen LogP contribution is -2.12. The maximum Gasteiger partial charge on any atom is 0.358 e. The molecule has 7 nitrogen and oxygen atoms in total. The fourth-order valence-electron chi connectivity index (χ4n) is 4.18. The van der Waals surface area contributed by atoms with E-state index in [1.54, 1.807) is 16.8 Å². The number of ether oxygens (including phenoxy) is 1. The molecule has 0 atom stereocenters. The standard InChI is InChI=1S/C24H20ClN3O4/c1-13-8-14(2)28(27-13)21-7-6-19(25)23(26-21)24(30)31-12-17-11-22(29)32-20-10-16-5-3-4-15(16)9-18(17)20/h6-11H,3-5,12H2,1-2H3. The van der Waals surface area contributed by atoms with E-state index in [9.17, 15) is 9.59 Å². The van der Waals surface area contributed by atoms with Crippen molar-refractivity contribution in [3.63, 3.8) is 0 Å². The van der Waals surface area contributed by atoms with E-state index in [4.69, 9.17) is 20.8 Å². The minimum Gasteiger partial charge on any atom is -0.456 e. The molecule has 1 aliphatic rings. The minimum atomic E-state index is -0.680. The number of rotatable bonds is 4. The van der Waals surface area contributed by atoms with Gasteiger partial charge in [0.2, 0.25) is 0 Å². The molecule has 5 rings (SSSR count). The van der Waals surface area contributed by atoms with Gasteiger partial charge in [-0.15, -0.1) is 0 Å². The molecule has 1 aliphatic carbocycles. The number of halogens is 1. The third-order valence-corrected chi connectivity index (χ3v) is 5.96. The summed E-state index contributed by atoms with van der Waals surface area (Å²) in [5.41, 5.74) is 4.76. The summed E-state index contributed by atoms with van der Waals surface area (Å²) in [6.07, 6.45) is 3.04. The largest absolute Gasteiger partial charge is 0.456 e. The SMILES string of the molecule is Cc1cc(C)n(-c2ccc(Cl)c(C(=O)OCc3cc(=O)oc4cc5c(cc34)CCC5)n2)n1. The Balaban J connectivity index is 1.44. The molecule has 1 aromatic carbocycles. The molecular formula is C24H20ClN3O4. The van der Waals surface area contributed by atoms with Crippen LogP contribution in [0.1, 0.15) is 45.0 Å². The number of esters is 1. The number of benzene rings is 1. The van der Waals surface area contributed by atoms with Crippen LogP contribution in [0.5, 0.6) is 0 Å². The van der Waals surface area contributed by atoms with Crippen molar-refractivity contribution in [1.82, 2.24) is 14.8 Å². The quantitative estimate of drug-likeness (QED) is 0.337. The lowest BCUT2D eigenvalue weighted by atomic mass is 10.0. The molecule has 162 valence electrons. The van der Waals surface area contributed by atoms with E-state index < -0.39 is 11.6 Å². The first-order valence-electron chi connectivity index (χ1n) is 10.3. The smallest absolute Gasteiger partial charge is 0.358 e. The molecule has 0 fully saturated rings. The van der Waals surface area contributed by atoms with Gasteiger partial charge in [0.15, 0.2) is 11.5 Å². The number of fused-ring (bicyclic) bond motifs is 2. The van der Waals surface area contributed by atoms with E-state index in [1.807, 2.05) is 32.0 Å². The predicted octanol–water partition coefficient (Wildman–Crippen LogP) is 4.49. The van der Waals surface area contributed by atoms with Crippen LogP contribution in [0.4, 0.5) is 0 Å². The molecule has 3 heterocycles. The van der Waals surface area contributed by atoms with Crippen LogP contribution < -0.4 is 5.63 Å². The van der Waals surface area contributed by atoms with Crippen LogP contribution >= 0.6 is 11.6 Å². The highest BCUT2D eigenvalue weighted by molar-refractivity contribution is 6.33. The highest BCUT2D eigenvalue weighted by Crippen LogP contribution is 2.29. The summed E-state index contributed by atoms with van der Waals surface area (Å²) in [5, 5.41) is 5.34. The van der Waals surface area contributed by atoms with Crippen LogP contribution in [0.15, 0.2) is 45.6 Å². The van der Waals surface area contributed by atoms with Crippen LogP contribution in [0, 0.1) is 13.8 Å². The highest BCUT2D eigenvalue weighted by atomic mass is 35.5. The van der Waals surface area contributed by atoms with Gasteiger partial charge in [-0.1, -0.05) is 11.6 Å². The first-order valence-corrected chi connectivity index (χ1v) is 10.7. The number of carbonyl (C=O) groups excluding carboxylic acids is 1. The van der Waals surface area contributed by atoms with Crippen molar-refractivity contribution in [1.29, 1.82) is 0 Å². The van der Waals surface area contributed by atoms with Crippen molar-refractivity contribution in [3.05, 3.63) is 85.6 Å². The molecule has 0 saturated carbocycles. The Labute approximate surface area is 188 Å². The maximum absolute atomic E-state index is 12.8. The predicted molar refractivity (Wildman–Crippen MR) is 119 cm³/mol. The number of carbonyl (C=O) groups is 1. The number of hydrogen-bond donors (Lipinski definition) is 0. The Morgan fingerprint density at radius 2 is 1.94 bits per heavy atom. The van der Waals surface area contributed by atoms with E-state index in [0.717, 1.165) is 36.0 Å². The van der Waals surface area contributed by atoms with E-state index in [1.165, 1.54) is 17.2 Å². The van der Waals surface area contributed by atoms with E-state index in [0.29, 0.717) is 17.0 Å². The van der Waals surface area contributed by atoms with Crippen molar-refractivity contribution >= 4 is 28.5 Å². The second kappa shape index (κ2) is 7.91. The summed E-state index contributed by atoms with van der Waals surface area (Å²) in [6.45, 7) is 3.68. The number of hydrogen-bond acceptors (Lipinski definition) is 6. The monoisotopic (exact) mass is 449 g/mol. The Morgan fingerprint density at radius 3 is 2.69 bits per heavy atom. The summed E-state index contributed by atoms with van der Waals surface area (Å²) in [6, 6.07) is 10.5. The van der Waals surface area contributed by atoms with Crippen molar-refractivity contribution < 1.29 is 13.9 Å². The molecule has 0 aliphatic heterocycles. The first kappa shape index (κ1) is 20.5. The zero-order valence-electron chi connectivity index (χ0n) is 17.6. The topological polar surface area (TPSA) is 87.2 Å². The molecule has 0 unspecified atom stereocenters. The van der Waals surface area contributed by atoms with Crippen LogP contribution in [-0.4, -0.2) is 20.7 Å². The van der Waals surface area contributed by atoms with Gasteiger partial charge < -0.3 is 9.15 Å². The van der Waals surface area contributed by atoms with Crippen LogP contribution in [0.3, 0.4) is 0 Å². The third kappa shape index (κ3) is 3.69. The molecule has 0 bridgehead atoms. The molecule has 3 aromatic heterocycles. The minimum absolute atomic E-state index is 0.00937. The number of aromatic nitrogens is 3. The lowest BCUT2D eigenvalue weighted by Gasteiger charge is -2.10. The van der Waals surface area contributed by atoms with Crippen molar-refractivity contribution in [2.45, 2.75) is 39.7 Å². The third-order valence-electron chi connectivity index (χ3n) is 5.65. The Kier molecular flexibility index (Phi) is 5.06. The summed E-state index contributed by atoms with van der Waals surface area (Å²) in [4.78, 5) is 29.2. The van der Waals surface area contributed by atoms with Gasteiger partial charge in [-0.05, 0) is 74.6 Å². The molecule has 0 N–H and O–H groups in total. The number of pyridine rings is 1. The molecule has 8 heteroatoms. The van der Waals surface area contributed by atoms with Crippen molar-refractivity contribution in [3.8, 4) is 5.82 Å². The van der Waals surface area contributed by atoms with E-state index in [-0.39, 0.29) is 17.3 Å². The van der Waals surface area contributed by atoms with Crippen LogP contribution in [0.25, 0.3) is 16.8 Å². The second-order valence-electron chi connectivity index (χ2n) is 7.98. The summed E-state index contributed by atoms with van der Waals surface area (Å²) < 4.78 is 12.5. The first-order chi connectivity index (χ1) is 15.4. The van der Waals surface area contributed by atoms with Gasteiger partial charge >= 0.3 is 11.6 Å². The van der Waals surface area contributed by atoms with Gasteiger partial charge in [0.1, 0.15) is 12.2 Å². The molecule has 0 radical (unpaired) electrons. The van der Waals surface area contributed by atoms with Gasteiger partial charge in [0, 0.05) is 22.7 Å². The zero-order chi connectivity index (χ0) is 22.4. The molecular weight excluding hydrogens is 430 g/mol. The van der Waals surface area contributed by atoms with E-state index in [2.05, 4.69) is 10.1 Å². The highest BCUT2D eigenvalue weighted by Gasteiger charge is 2.19. The average molecular weight is 450 g/mol. The fourth-order valence-corrected chi connectivity index (χ4v) is 4.36. The summed E-state index contributed by atoms with van der Waals surface area (Å²) in [5.74, 6) is -0.214. The van der Waals surface area contributed by atoms with Crippen molar-refractivity contribution in [2.75, 3.05) is 0 Å². The molecule has 0 spiro atoms. The normalized spacial score (nSPS) is 12.8. The average Bonchev–Trinajstić information content (AvgIpc) is 3.35. The molecule has 0 amide bonds. The lowest BCUT2D eigenvalue weighted by molar-refractivity contribution is 0.0467.